The first-order valence-electron chi connectivity index (χ1n) is 5.36. The van der Waals surface area contributed by atoms with E-state index in [1.54, 1.807) is 12.3 Å². The molecule has 18 heavy (non-hydrogen) atoms. The second kappa shape index (κ2) is 5.55. The monoisotopic (exact) mass is 284 g/mol. The van der Waals surface area contributed by atoms with Crippen LogP contribution in [0.2, 0.25) is 10.2 Å². The van der Waals surface area contributed by atoms with Crippen LogP contribution in [0.25, 0.3) is 0 Å². The number of rotatable bonds is 3. The third-order valence-corrected chi connectivity index (χ3v) is 3.26. The van der Waals surface area contributed by atoms with Crippen molar-refractivity contribution in [2.45, 2.75) is 13.5 Å². The largest absolute Gasteiger partial charge is 0.380 e. The zero-order chi connectivity index (χ0) is 13.1. The molecule has 0 fully saturated rings. The van der Waals surface area contributed by atoms with E-state index < -0.39 is 0 Å². The van der Waals surface area contributed by atoms with Crippen molar-refractivity contribution in [1.29, 1.82) is 0 Å². The summed E-state index contributed by atoms with van der Waals surface area (Å²) in [7, 11) is 0. The number of hydrogen-bond donors (Lipinski definition) is 1. The van der Waals surface area contributed by atoms with Crippen LogP contribution in [0.15, 0.2) is 30.5 Å². The molecular formula is C13H11Cl2FN2. The molecule has 0 atom stereocenters. The van der Waals surface area contributed by atoms with Crippen molar-refractivity contribution in [2.75, 3.05) is 5.32 Å². The predicted octanol–water partition coefficient (Wildman–Crippen LogP) is 4.45. The number of nitrogens with zero attached hydrogens (tertiary/aromatic N) is 1. The molecule has 0 saturated carbocycles. The standard InChI is InChI=1S/C13H11Cl2FN2/c1-8-4-11(7-18-13(8)15)17-6-9-2-3-10(16)5-12(9)14/h2-5,7,17H,6H2,1H3. The molecule has 0 aliphatic rings. The third-order valence-electron chi connectivity index (χ3n) is 2.51. The van der Waals surface area contributed by atoms with Crippen LogP contribution in [0.5, 0.6) is 0 Å². The molecule has 2 aromatic rings. The van der Waals surface area contributed by atoms with Gasteiger partial charge in [0.25, 0.3) is 0 Å². The van der Waals surface area contributed by atoms with E-state index in [1.807, 2.05) is 13.0 Å². The highest BCUT2D eigenvalue weighted by molar-refractivity contribution is 6.31. The van der Waals surface area contributed by atoms with Gasteiger partial charge in [-0.25, -0.2) is 9.37 Å². The van der Waals surface area contributed by atoms with Gasteiger partial charge in [-0.3, -0.25) is 0 Å². The fourth-order valence-electron chi connectivity index (χ4n) is 1.52. The summed E-state index contributed by atoms with van der Waals surface area (Å²) >= 11 is 11.8. The van der Waals surface area contributed by atoms with Gasteiger partial charge in [-0.1, -0.05) is 29.3 Å². The lowest BCUT2D eigenvalue weighted by Gasteiger charge is -2.09. The van der Waals surface area contributed by atoms with E-state index in [-0.39, 0.29) is 5.82 Å². The molecule has 94 valence electrons. The Labute approximate surface area is 115 Å². The molecule has 1 heterocycles. The maximum atomic E-state index is 12.9. The summed E-state index contributed by atoms with van der Waals surface area (Å²) < 4.78 is 12.9. The zero-order valence-electron chi connectivity index (χ0n) is 9.67. The summed E-state index contributed by atoms with van der Waals surface area (Å²) in [6, 6.07) is 6.23. The van der Waals surface area contributed by atoms with Crippen molar-refractivity contribution < 1.29 is 4.39 Å². The number of halogens is 3. The van der Waals surface area contributed by atoms with Gasteiger partial charge in [-0.05, 0) is 36.2 Å². The second-order valence-corrected chi connectivity index (χ2v) is 4.69. The zero-order valence-corrected chi connectivity index (χ0v) is 11.2. The Bertz CT molecular complexity index is 573. The topological polar surface area (TPSA) is 24.9 Å². The van der Waals surface area contributed by atoms with Crippen LogP contribution < -0.4 is 5.32 Å². The van der Waals surface area contributed by atoms with Gasteiger partial charge in [0.2, 0.25) is 0 Å². The number of anilines is 1. The summed E-state index contributed by atoms with van der Waals surface area (Å²) in [5.74, 6) is -0.340. The summed E-state index contributed by atoms with van der Waals surface area (Å²) in [4.78, 5) is 4.04. The molecule has 0 aliphatic carbocycles. The number of benzene rings is 1. The van der Waals surface area contributed by atoms with Crippen LogP contribution in [0.3, 0.4) is 0 Å². The molecule has 2 rings (SSSR count). The highest BCUT2D eigenvalue weighted by Gasteiger charge is 2.03. The summed E-state index contributed by atoms with van der Waals surface area (Å²) in [5.41, 5.74) is 2.56. The predicted molar refractivity (Wildman–Crippen MR) is 72.7 cm³/mol. The average molecular weight is 285 g/mol. The highest BCUT2D eigenvalue weighted by atomic mass is 35.5. The molecule has 1 aromatic heterocycles. The van der Waals surface area contributed by atoms with Crippen LogP contribution in [-0.2, 0) is 6.54 Å². The first-order chi connectivity index (χ1) is 8.56. The van der Waals surface area contributed by atoms with Gasteiger partial charge in [0.15, 0.2) is 0 Å². The van der Waals surface area contributed by atoms with Crippen LogP contribution in [-0.4, -0.2) is 4.98 Å². The van der Waals surface area contributed by atoms with Crippen molar-refractivity contribution >= 4 is 28.9 Å². The van der Waals surface area contributed by atoms with E-state index in [4.69, 9.17) is 23.2 Å². The molecule has 0 amide bonds. The molecule has 2 nitrogen and oxygen atoms in total. The maximum Gasteiger partial charge on any atom is 0.132 e. The van der Waals surface area contributed by atoms with Crippen LogP contribution in [0, 0.1) is 12.7 Å². The number of aromatic nitrogens is 1. The Morgan fingerprint density at radius 1 is 1.28 bits per heavy atom. The quantitative estimate of drug-likeness (QED) is 0.843. The molecule has 5 heteroatoms. The van der Waals surface area contributed by atoms with Gasteiger partial charge in [0.05, 0.1) is 11.9 Å². The van der Waals surface area contributed by atoms with Gasteiger partial charge < -0.3 is 5.32 Å². The minimum atomic E-state index is -0.340. The molecular weight excluding hydrogens is 274 g/mol. The van der Waals surface area contributed by atoms with Crippen LogP contribution in [0.1, 0.15) is 11.1 Å². The van der Waals surface area contributed by atoms with Crippen molar-refractivity contribution in [2.24, 2.45) is 0 Å². The molecule has 0 spiro atoms. The smallest absolute Gasteiger partial charge is 0.132 e. The third kappa shape index (κ3) is 3.12. The van der Waals surface area contributed by atoms with E-state index in [2.05, 4.69) is 10.3 Å². The van der Waals surface area contributed by atoms with Crippen molar-refractivity contribution in [3.05, 3.63) is 57.6 Å². The Morgan fingerprint density at radius 3 is 2.72 bits per heavy atom. The normalized spacial score (nSPS) is 10.4. The fourth-order valence-corrected chi connectivity index (χ4v) is 1.85. The number of pyridine rings is 1. The first-order valence-corrected chi connectivity index (χ1v) is 6.12. The SMILES string of the molecule is Cc1cc(NCc2ccc(F)cc2Cl)cnc1Cl. The Hall–Kier alpha value is -1.32. The van der Waals surface area contributed by atoms with E-state index in [9.17, 15) is 4.39 Å². The first kappa shape index (κ1) is 13.1. The van der Waals surface area contributed by atoms with Crippen LogP contribution >= 0.6 is 23.2 Å². The van der Waals surface area contributed by atoms with Crippen molar-refractivity contribution in [1.82, 2.24) is 4.98 Å². The van der Waals surface area contributed by atoms with Gasteiger partial charge in [0.1, 0.15) is 11.0 Å². The Morgan fingerprint density at radius 2 is 2.06 bits per heavy atom. The molecule has 0 saturated heterocycles. The van der Waals surface area contributed by atoms with Crippen LogP contribution in [0.4, 0.5) is 10.1 Å². The van der Waals surface area contributed by atoms with Gasteiger partial charge >= 0.3 is 0 Å². The lowest BCUT2D eigenvalue weighted by molar-refractivity contribution is 0.627. The Balaban J connectivity index is 2.09. The fraction of sp³-hybridized carbons (Fsp3) is 0.154. The lowest BCUT2D eigenvalue weighted by Crippen LogP contribution is -2.01. The van der Waals surface area contributed by atoms with Gasteiger partial charge in [-0.15, -0.1) is 0 Å². The van der Waals surface area contributed by atoms with Gasteiger partial charge in [0, 0.05) is 11.6 Å². The molecule has 0 bridgehead atoms. The maximum absolute atomic E-state index is 12.9. The minimum Gasteiger partial charge on any atom is -0.380 e. The molecule has 1 N–H and O–H groups in total. The van der Waals surface area contributed by atoms with Crippen molar-refractivity contribution in [3.63, 3.8) is 0 Å². The highest BCUT2D eigenvalue weighted by Crippen LogP contribution is 2.20. The van der Waals surface area contributed by atoms with Crippen molar-refractivity contribution in [3.8, 4) is 0 Å². The molecule has 0 radical (unpaired) electrons. The average Bonchev–Trinajstić information content (AvgIpc) is 2.32. The van der Waals surface area contributed by atoms with E-state index in [0.717, 1.165) is 16.8 Å². The molecule has 1 aromatic carbocycles. The number of aryl methyl sites for hydroxylation is 1. The van der Waals surface area contributed by atoms with E-state index in [1.165, 1.54) is 12.1 Å². The number of hydrogen-bond acceptors (Lipinski definition) is 2. The molecule has 0 aliphatic heterocycles. The van der Waals surface area contributed by atoms with E-state index in [0.29, 0.717) is 16.7 Å². The summed E-state index contributed by atoms with van der Waals surface area (Å²) in [6.45, 7) is 2.38. The summed E-state index contributed by atoms with van der Waals surface area (Å²) in [5, 5.41) is 4.05. The second-order valence-electron chi connectivity index (χ2n) is 3.92. The minimum absolute atomic E-state index is 0.340. The number of nitrogens with one attached hydrogen (secondary N) is 1. The summed E-state index contributed by atoms with van der Waals surface area (Å²) in [6.07, 6.45) is 1.65. The molecule has 0 unspecified atom stereocenters. The van der Waals surface area contributed by atoms with E-state index >= 15 is 0 Å². The Kier molecular flexibility index (Phi) is 4.04. The van der Waals surface area contributed by atoms with Gasteiger partial charge in [-0.2, -0.15) is 0 Å². The lowest BCUT2D eigenvalue weighted by atomic mass is 10.2.